The van der Waals surface area contributed by atoms with E-state index in [2.05, 4.69) is 28.1 Å². The number of likely N-dealkylation sites (tertiary alicyclic amines) is 1. The summed E-state index contributed by atoms with van der Waals surface area (Å²) in [5.41, 5.74) is 4.76. The summed E-state index contributed by atoms with van der Waals surface area (Å²) < 4.78 is 16.9. The van der Waals surface area contributed by atoms with E-state index in [0.29, 0.717) is 0 Å². The summed E-state index contributed by atoms with van der Waals surface area (Å²) in [6, 6.07) is 22.8. The van der Waals surface area contributed by atoms with Crippen molar-refractivity contribution < 1.29 is 33.4 Å². The van der Waals surface area contributed by atoms with Gasteiger partial charge in [-0.25, -0.2) is 14.4 Å². The summed E-state index contributed by atoms with van der Waals surface area (Å²) >= 11 is 0. The van der Waals surface area contributed by atoms with Gasteiger partial charge in [0.15, 0.2) is 0 Å². The monoisotopic (exact) mass is 642 g/mol. The molecule has 0 aromatic heterocycles. The van der Waals surface area contributed by atoms with Gasteiger partial charge in [-0.2, -0.15) is 0 Å². The number of ether oxygens (including phenoxy) is 3. The lowest BCUT2D eigenvalue weighted by Gasteiger charge is -2.26. The molecule has 0 saturated carbocycles. The van der Waals surface area contributed by atoms with E-state index in [4.69, 9.17) is 14.2 Å². The Balaban J connectivity index is 1.25. The predicted octanol–water partition coefficient (Wildman–Crippen LogP) is 4.35. The standard InChI is InChI=1S/C36H42N4O7/c1-36(2,3)47-24-18-31(32(41)39-30(33(42)45-4)20-38-34(43)37-19-23-12-6-5-7-13-23)40(21-24)35(44)46-22-29-27-16-10-8-14-25(27)26-15-9-11-17-28(26)29/h5-17,24,29-31H,18-22H2,1-4H3,(H,39,41)(H2,37,38,43)/t24-,30+,31+/m1/s1. The number of esters is 1. The molecule has 11 nitrogen and oxygen atoms in total. The van der Waals surface area contributed by atoms with Crippen molar-refractivity contribution in [3.63, 3.8) is 0 Å². The van der Waals surface area contributed by atoms with Gasteiger partial charge in [-0.05, 0) is 48.6 Å². The maximum absolute atomic E-state index is 13.7. The SMILES string of the molecule is COC(=O)[C@H](CNC(=O)NCc1ccccc1)NC(=O)[C@@H]1C[C@@H](OC(C)(C)C)CN1C(=O)OCC1c2ccccc2-c2ccccc21. The third kappa shape index (κ3) is 8.28. The first kappa shape index (κ1) is 33.5. The van der Waals surface area contributed by atoms with Crippen LogP contribution in [-0.2, 0) is 30.3 Å². The van der Waals surface area contributed by atoms with Gasteiger partial charge < -0.3 is 30.2 Å². The third-order valence-electron chi connectivity index (χ3n) is 8.22. The van der Waals surface area contributed by atoms with Gasteiger partial charge in [-0.3, -0.25) is 9.69 Å². The molecule has 248 valence electrons. The molecule has 2 aliphatic rings. The van der Waals surface area contributed by atoms with E-state index >= 15 is 0 Å². The molecule has 0 bridgehead atoms. The molecule has 1 aliphatic carbocycles. The van der Waals surface area contributed by atoms with Crippen LogP contribution in [0.4, 0.5) is 9.59 Å². The average Bonchev–Trinajstić information content (AvgIpc) is 3.62. The highest BCUT2D eigenvalue weighted by Crippen LogP contribution is 2.44. The van der Waals surface area contributed by atoms with Crippen LogP contribution >= 0.6 is 0 Å². The van der Waals surface area contributed by atoms with Crippen LogP contribution in [0.1, 0.15) is 49.8 Å². The quantitative estimate of drug-likeness (QED) is 0.280. The Morgan fingerprint density at radius 1 is 0.872 bits per heavy atom. The van der Waals surface area contributed by atoms with Crippen molar-refractivity contribution >= 4 is 24.0 Å². The Morgan fingerprint density at radius 3 is 2.11 bits per heavy atom. The van der Waals surface area contributed by atoms with Crippen LogP contribution in [0.5, 0.6) is 0 Å². The molecule has 11 heteroatoms. The van der Waals surface area contributed by atoms with Crippen molar-refractivity contribution in [3.8, 4) is 11.1 Å². The molecule has 1 fully saturated rings. The molecule has 0 unspecified atom stereocenters. The third-order valence-corrected chi connectivity index (χ3v) is 8.22. The number of hydrogen-bond acceptors (Lipinski definition) is 7. The van der Waals surface area contributed by atoms with Crippen molar-refractivity contribution in [3.05, 3.63) is 95.6 Å². The smallest absolute Gasteiger partial charge is 0.410 e. The lowest BCUT2D eigenvalue weighted by molar-refractivity contribution is -0.145. The fourth-order valence-corrected chi connectivity index (χ4v) is 6.15. The van der Waals surface area contributed by atoms with Gasteiger partial charge >= 0.3 is 18.1 Å². The Kier molecular flexibility index (Phi) is 10.5. The Morgan fingerprint density at radius 2 is 1.49 bits per heavy atom. The van der Waals surface area contributed by atoms with E-state index in [0.717, 1.165) is 27.8 Å². The molecular weight excluding hydrogens is 600 g/mol. The van der Waals surface area contributed by atoms with Gasteiger partial charge in [-0.1, -0.05) is 78.9 Å². The maximum atomic E-state index is 13.7. The van der Waals surface area contributed by atoms with E-state index in [-0.39, 0.29) is 38.6 Å². The predicted molar refractivity (Wildman–Crippen MR) is 175 cm³/mol. The zero-order valence-corrected chi connectivity index (χ0v) is 27.2. The highest BCUT2D eigenvalue weighted by molar-refractivity contribution is 5.90. The highest BCUT2D eigenvalue weighted by Gasteiger charge is 2.43. The van der Waals surface area contributed by atoms with Crippen molar-refractivity contribution in [2.24, 2.45) is 0 Å². The summed E-state index contributed by atoms with van der Waals surface area (Å²) in [5, 5.41) is 8.00. The number of urea groups is 1. The fourth-order valence-electron chi connectivity index (χ4n) is 6.15. The molecule has 0 spiro atoms. The first-order valence-electron chi connectivity index (χ1n) is 15.8. The molecule has 1 heterocycles. The second-order valence-electron chi connectivity index (χ2n) is 12.7. The minimum Gasteiger partial charge on any atom is -0.467 e. The average molecular weight is 643 g/mol. The van der Waals surface area contributed by atoms with Gasteiger partial charge in [0.05, 0.1) is 31.9 Å². The molecular formula is C36H42N4O7. The lowest BCUT2D eigenvalue weighted by Crippen LogP contribution is -2.55. The molecule has 1 aliphatic heterocycles. The number of carbonyl (C=O) groups is 4. The molecule has 3 N–H and O–H groups in total. The normalized spacial score (nSPS) is 17.7. The molecule has 1 saturated heterocycles. The van der Waals surface area contributed by atoms with Crippen LogP contribution in [0, 0.1) is 0 Å². The second-order valence-corrected chi connectivity index (χ2v) is 12.7. The molecule has 0 radical (unpaired) electrons. The van der Waals surface area contributed by atoms with Crippen molar-refractivity contribution in [2.75, 3.05) is 26.8 Å². The Labute approximate surface area is 274 Å². The number of nitrogens with zero attached hydrogens (tertiary/aromatic N) is 1. The van der Waals surface area contributed by atoms with Crippen LogP contribution in [0.25, 0.3) is 11.1 Å². The summed E-state index contributed by atoms with van der Waals surface area (Å²) in [6.45, 7) is 6.00. The maximum Gasteiger partial charge on any atom is 0.410 e. The lowest BCUT2D eigenvalue weighted by atomic mass is 9.98. The summed E-state index contributed by atoms with van der Waals surface area (Å²) in [6.07, 6.45) is -0.892. The number of amides is 4. The topological polar surface area (TPSA) is 135 Å². The minimum absolute atomic E-state index is 0.0926. The van der Waals surface area contributed by atoms with Crippen molar-refractivity contribution in [2.45, 2.75) is 63.4 Å². The summed E-state index contributed by atoms with van der Waals surface area (Å²) in [5.74, 6) is -1.47. The van der Waals surface area contributed by atoms with Crippen molar-refractivity contribution in [1.29, 1.82) is 0 Å². The first-order valence-corrected chi connectivity index (χ1v) is 15.8. The van der Waals surface area contributed by atoms with Crippen LogP contribution in [-0.4, -0.2) is 79.5 Å². The van der Waals surface area contributed by atoms with Gasteiger partial charge in [0, 0.05) is 18.9 Å². The number of benzene rings is 3. The molecule has 5 rings (SSSR count). The number of rotatable bonds is 10. The van der Waals surface area contributed by atoms with Gasteiger partial charge in [0.25, 0.3) is 0 Å². The number of carbonyl (C=O) groups excluding carboxylic acids is 4. The summed E-state index contributed by atoms with van der Waals surface area (Å²) in [4.78, 5) is 53.8. The highest BCUT2D eigenvalue weighted by atomic mass is 16.6. The van der Waals surface area contributed by atoms with Gasteiger partial charge in [-0.15, -0.1) is 0 Å². The first-order chi connectivity index (χ1) is 22.5. The Bertz CT molecular complexity index is 1540. The second kappa shape index (κ2) is 14.7. The number of fused-ring (bicyclic) bond motifs is 3. The number of nitrogens with one attached hydrogen (secondary N) is 3. The van der Waals surface area contributed by atoms with E-state index in [1.54, 1.807) is 0 Å². The van der Waals surface area contributed by atoms with Crippen LogP contribution in [0.15, 0.2) is 78.9 Å². The largest absolute Gasteiger partial charge is 0.467 e. The molecule has 4 amide bonds. The minimum atomic E-state index is -1.19. The number of methoxy groups -OCH3 is 1. The van der Waals surface area contributed by atoms with Crippen molar-refractivity contribution in [1.82, 2.24) is 20.9 Å². The van der Waals surface area contributed by atoms with Gasteiger partial charge in [0.2, 0.25) is 5.91 Å². The van der Waals surface area contributed by atoms with Crippen LogP contribution in [0.2, 0.25) is 0 Å². The molecule has 3 atom stereocenters. The Hall–Kier alpha value is -4.90. The van der Waals surface area contributed by atoms with E-state index in [9.17, 15) is 19.2 Å². The van der Waals surface area contributed by atoms with Gasteiger partial charge in [0.1, 0.15) is 18.7 Å². The summed E-state index contributed by atoms with van der Waals surface area (Å²) in [7, 11) is 1.20. The molecule has 3 aromatic carbocycles. The van der Waals surface area contributed by atoms with E-state index in [1.807, 2.05) is 87.5 Å². The fraction of sp³-hybridized carbons (Fsp3) is 0.389. The zero-order valence-electron chi connectivity index (χ0n) is 27.2. The molecule has 47 heavy (non-hydrogen) atoms. The van der Waals surface area contributed by atoms with Crippen LogP contribution in [0.3, 0.4) is 0 Å². The van der Waals surface area contributed by atoms with E-state index < -0.39 is 47.8 Å². The number of hydrogen-bond donors (Lipinski definition) is 3. The zero-order chi connectivity index (χ0) is 33.6. The van der Waals surface area contributed by atoms with E-state index in [1.165, 1.54) is 12.0 Å². The molecule has 3 aromatic rings. The van der Waals surface area contributed by atoms with Crippen LogP contribution < -0.4 is 16.0 Å².